The zero-order valence-corrected chi connectivity index (χ0v) is 12.8. The molecule has 21 heavy (non-hydrogen) atoms. The molecule has 0 bridgehead atoms. The molecule has 0 aliphatic heterocycles. The first-order chi connectivity index (χ1) is 9.97. The molecule has 1 saturated carbocycles. The highest BCUT2D eigenvalue weighted by molar-refractivity contribution is 5.85. The molecule has 2 atom stereocenters. The van der Waals surface area contributed by atoms with Crippen LogP contribution in [0.5, 0.6) is 5.75 Å². The van der Waals surface area contributed by atoms with Crippen molar-refractivity contribution in [2.24, 2.45) is 17.4 Å². The predicted molar refractivity (Wildman–Crippen MR) is 84.3 cm³/mol. The van der Waals surface area contributed by atoms with Gasteiger partial charge >= 0.3 is 0 Å². The van der Waals surface area contributed by atoms with Gasteiger partial charge in [0, 0.05) is 25.3 Å². The number of primary amides is 1. The van der Waals surface area contributed by atoms with Crippen molar-refractivity contribution in [3.05, 3.63) is 24.3 Å². The van der Waals surface area contributed by atoms with E-state index in [0.717, 1.165) is 37.2 Å². The van der Waals surface area contributed by atoms with E-state index >= 15 is 0 Å². The molecular formula is C16H25N3O2. The summed E-state index contributed by atoms with van der Waals surface area (Å²) in [7, 11) is 3.69. The summed E-state index contributed by atoms with van der Waals surface area (Å²) in [6.07, 6.45) is 3.53. The largest absolute Gasteiger partial charge is 0.497 e. The fraction of sp³-hybridized carbons (Fsp3) is 0.562. The Kier molecular flexibility index (Phi) is 4.73. The number of amides is 1. The molecule has 1 aliphatic carbocycles. The number of nitrogens with zero attached hydrogens (tertiary/aromatic N) is 1. The summed E-state index contributed by atoms with van der Waals surface area (Å²) in [6.45, 7) is 0.837. The quantitative estimate of drug-likeness (QED) is 0.832. The van der Waals surface area contributed by atoms with Crippen molar-refractivity contribution in [1.82, 2.24) is 0 Å². The average molecular weight is 291 g/mol. The molecule has 5 nitrogen and oxygen atoms in total. The maximum Gasteiger partial charge on any atom is 0.237 e. The molecule has 5 heteroatoms. The van der Waals surface area contributed by atoms with E-state index in [0.29, 0.717) is 6.42 Å². The van der Waals surface area contributed by atoms with Crippen molar-refractivity contribution < 1.29 is 9.53 Å². The van der Waals surface area contributed by atoms with Crippen LogP contribution in [0.25, 0.3) is 0 Å². The predicted octanol–water partition coefficient (Wildman–Crippen LogP) is 1.50. The normalized spacial score (nSPS) is 24.8. The molecule has 2 unspecified atom stereocenters. The Balaban J connectivity index is 1.97. The van der Waals surface area contributed by atoms with Crippen molar-refractivity contribution in [2.45, 2.75) is 31.2 Å². The van der Waals surface area contributed by atoms with Gasteiger partial charge in [0.15, 0.2) is 0 Å². The van der Waals surface area contributed by atoms with E-state index in [1.165, 1.54) is 0 Å². The van der Waals surface area contributed by atoms with Crippen LogP contribution in [0.3, 0.4) is 0 Å². The number of benzene rings is 1. The topological polar surface area (TPSA) is 81.6 Å². The van der Waals surface area contributed by atoms with Gasteiger partial charge in [0.25, 0.3) is 0 Å². The number of methoxy groups -OCH3 is 1. The van der Waals surface area contributed by atoms with E-state index in [2.05, 4.69) is 4.90 Å². The SMILES string of the molecule is COc1cccc(N(C)CCC2CCCC2(N)C(N)=O)c1. The van der Waals surface area contributed by atoms with Crippen LogP contribution in [-0.2, 0) is 4.79 Å². The molecule has 1 aromatic carbocycles. The summed E-state index contributed by atoms with van der Waals surface area (Å²) in [5, 5.41) is 0. The third-order valence-corrected chi connectivity index (χ3v) is 4.64. The van der Waals surface area contributed by atoms with Gasteiger partial charge in [-0.2, -0.15) is 0 Å². The molecule has 1 amide bonds. The van der Waals surface area contributed by atoms with Crippen molar-refractivity contribution in [1.29, 1.82) is 0 Å². The van der Waals surface area contributed by atoms with Crippen molar-refractivity contribution >= 4 is 11.6 Å². The molecule has 0 aromatic heterocycles. The van der Waals surface area contributed by atoms with Crippen LogP contribution in [0.1, 0.15) is 25.7 Å². The van der Waals surface area contributed by atoms with Gasteiger partial charge < -0.3 is 21.1 Å². The first kappa shape index (κ1) is 15.6. The number of hydrogen-bond donors (Lipinski definition) is 2. The maximum absolute atomic E-state index is 11.6. The fourth-order valence-electron chi connectivity index (χ4n) is 3.16. The molecule has 1 aliphatic rings. The number of hydrogen-bond acceptors (Lipinski definition) is 4. The molecule has 0 heterocycles. The Labute approximate surface area is 126 Å². The summed E-state index contributed by atoms with van der Waals surface area (Å²) in [4.78, 5) is 13.8. The lowest BCUT2D eigenvalue weighted by atomic mass is 9.85. The van der Waals surface area contributed by atoms with Crippen LogP contribution in [0.2, 0.25) is 0 Å². The molecule has 1 aromatic rings. The molecular weight excluding hydrogens is 266 g/mol. The lowest BCUT2D eigenvalue weighted by molar-refractivity contribution is -0.124. The summed E-state index contributed by atoms with van der Waals surface area (Å²) in [6, 6.07) is 7.93. The Hall–Kier alpha value is -1.75. The highest BCUT2D eigenvalue weighted by Crippen LogP contribution is 2.36. The minimum absolute atomic E-state index is 0.169. The second-order valence-corrected chi connectivity index (χ2v) is 5.91. The molecule has 4 N–H and O–H groups in total. The third-order valence-electron chi connectivity index (χ3n) is 4.64. The molecule has 116 valence electrons. The van der Waals surface area contributed by atoms with E-state index in [9.17, 15) is 4.79 Å². The van der Waals surface area contributed by atoms with Gasteiger partial charge in [-0.05, 0) is 37.3 Å². The fourth-order valence-corrected chi connectivity index (χ4v) is 3.16. The summed E-state index contributed by atoms with van der Waals surface area (Å²) in [5.41, 5.74) is 12.0. The molecule has 0 radical (unpaired) electrons. The van der Waals surface area contributed by atoms with Gasteiger partial charge in [0.05, 0.1) is 12.6 Å². The van der Waals surface area contributed by atoms with E-state index in [-0.39, 0.29) is 11.8 Å². The van der Waals surface area contributed by atoms with E-state index in [4.69, 9.17) is 16.2 Å². The Morgan fingerprint density at radius 1 is 1.52 bits per heavy atom. The number of nitrogens with two attached hydrogens (primary N) is 2. The average Bonchev–Trinajstić information content (AvgIpc) is 2.87. The number of ether oxygens (including phenoxy) is 1. The van der Waals surface area contributed by atoms with Crippen LogP contribution in [-0.4, -0.2) is 32.1 Å². The lowest BCUT2D eigenvalue weighted by Gasteiger charge is -2.30. The number of anilines is 1. The van der Waals surface area contributed by atoms with E-state index < -0.39 is 5.54 Å². The lowest BCUT2D eigenvalue weighted by Crippen LogP contribution is -2.55. The van der Waals surface area contributed by atoms with Crippen LogP contribution < -0.4 is 21.1 Å². The van der Waals surface area contributed by atoms with Crippen molar-refractivity contribution in [3.63, 3.8) is 0 Å². The van der Waals surface area contributed by atoms with Gasteiger partial charge in [-0.3, -0.25) is 4.79 Å². The van der Waals surface area contributed by atoms with Crippen LogP contribution in [0.4, 0.5) is 5.69 Å². The minimum Gasteiger partial charge on any atom is -0.497 e. The number of carbonyl (C=O) groups is 1. The van der Waals surface area contributed by atoms with Crippen molar-refractivity contribution in [3.8, 4) is 5.75 Å². The summed E-state index contributed by atoms with van der Waals surface area (Å²) in [5.74, 6) is 0.641. The van der Waals surface area contributed by atoms with Crippen molar-refractivity contribution in [2.75, 3.05) is 25.6 Å². The van der Waals surface area contributed by atoms with Crippen LogP contribution >= 0.6 is 0 Å². The Bertz CT molecular complexity index is 506. The molecule has 1 fully saturated rings. The Morgan fingerprint density at radius 3 is 2.95 bits per heavy atom. The highest BCUT2D eigenvalue weighted by Gasteiger charge is 2.43. The van der Waals surface area contributed by atoms with Gasteiger partial charge in [-0.15, -0.1) is 0 Å². The molecule has 0 saturated heterocycles. The maximum atomic E-state index is 11.6. The minimum atomic E-state index is -0.824. The van der Waals surface area contributed by atoms with E-state index in [1.807, 2.05) is 31.3 Å². The summed E-state index contributed by atoms with van der Waals surface area (Å²) >= 11 is 0. The standard InChI is InChI=1S/C16H25N3O2/c1-19(13-6-3-7-14(11-13)21-2)10-8-12-5-4-9-16(12,18)15(17)20/h3,6-7,11-12H,4-5,8-10,18H2,1-2H3,(H2,17,20). The van der Waals surface area contributed by atoms with Gasteiger partial charge in [0.1, 0.15) is 5.75 Å². The van der Waals surface area contributed by atoms with Gasteiger partial charge in [-0.25, -0.2) is 0 Å². The number of carbonyl (C=O) groups excluding carboxylic acids is 1. The smallest absolute Gasteiger partial charge is 0.237 e. The monoisotopic (exact) mass is 291 g/mol. The molecule has 2 rings (SSSR count). The van der Waals surface area contributed by atoms with Gasteiger partial charge in [0.2, 0.25) is 5.91 Å². The van der Waals surface area contributed by atoms with Crippen LogP contribution in [0.15, 0.2) is 24.3 Å². The zero-order valence-electron chi connectivity index (χ0n) is 12.8. The first-order valence-corrected chi connectivity index (χ1v) is 7.41. The van der Waals surface area contributed by atoms with Gasteiger partial charge in [-0.1, -0.05) is 12.5 Å². The molecule has 0 spiro atoms. The first-order valence-electron chi connectivity index (χ1n) is 7.41. The van der Waals surface area contributed by atoms with Crippen LogP contribution in [0, 0.1) is 5.92 Å². The Morgan fingerprint density at radius 2 is 2.29 bits per heavy atom. The summed E-state index contributed by atoms with van der Waals surface area (Å²) < 4.78 is 5.24. The highest BCUT2D eigenvalue weighted by atomic mass is 16.5. The van der Waals surface area contributed by atoms with E-state index in [1.54, 1.807) is 7.11 Å². The second kappa shape index (κ2) is 6.35. The number of rotatable bonds is 6. The second-order valence-electron chi connectivity index (χ2n) is 5.91. The zero-order chi connectivity index (χ0) is 15.5. The third kappa shape index (κ3) is 3.29.